The van der Waals surface area contributed by atoms with Crippen molar-refractivity contribution < 1.29 is 8.42 Å². The maximum Gasteiger partial charge on any atom is 0.213 e. The number of hydrogen-bond acceptors (Lipinski definition) is 3. The van der Waals surface area contributed by atoms with Crippen molar-refractivity contribution in [1.29, 1.82) is 0 Å². The summed E-state index contributed by atoms with van der Waals surface area (Å²) in [6, 6.07) is 0. The highest BCUT2D eigenvalue weighted by molar-refractivity contribution is 7.89. The van der Waals surface area contributed by atoms with Crippen molar-refractivity contribution in [3.05, 3.63) is 11.6 Å². The summed E-state index contributed by atoms with van der Waals surface area (Å²) >= 11 is 0. The second-order valence-corrected chi connectivity index (χ2v) is 4.98. The van der Waals surface area contributed by atoms with Gasteiger partial charge >= 0.3 is 0 Å². The normalized spacial score (nSPS) is 11.3. The van der Waals surface area contributed by atoms with E-state index in [9.17, 15) is 8.42 Å². The van der Waals surface area contributed by atoms with E-state index in [0.29, 0.717) is 13.1 Å². The predicted molar refractivity (Wildman–Crippen MR) is 55.1 cm³/mol. The molecule has 4 nitrogen and oxygen atoms in total. The molecule has 0 bridgehead atoms. The van der Waals surface area contributed by atoms with E-state index < -0.39 is 10.0 Å². The van der Waals surface area contributed by atoms with Crippen LogP contribution in [0.4, 0.5) is 0 Å². The molecule has 0 amide bonds. The fraction of sp³-hybridized carbons (Fsp3) is 0.750. The van der Waals surface area contributed by atoms with E-state index in [2.05, 4.69) is 10.0 Å². The average molecular weight is 206 g/mol. The molecule has 0 saturated heterocycles. The molecule has 0 heterocycles. The van der Waals surface area contributed by atoms with E-state index in [0.717, 1.165) is 5.57 Å². The largest absolute Gasteiger partial charge is 0.319 e. The lowest BCUT2D eigenvalue weighted by Gasteiger charge is -2.03. The summed E-state index contributed by atoms with van der Waals surface area (Å²) in [6.45, 7) is 4.72. The smallest absolute Gasteiger partial charge is 0.213 e. The van der Waals surface area contributed by atoms with Crippen LogP contribution in [0.1, 0.15) is 13.8 Å². The molecule has 0 aliphatic carbocycles. The molecular weight excluding hydrogens is 188 g/mol. The minimum atomic E-state index is -3.10. The molecule has 0 aliphatic heterocycles. The number of rotatable bonds is 6. The van der Waals surface area contributed by atoms with Gasteiger partial charge in [0.25, 0.3) is 0 Å². The van der Waals surface area contributed by atoms with Crippen LogP contribution < -0.4 is 10.0 Å². The molecule has 78 valence electrons. The van der Waals surface area contributed by atoms with Crippen LogP contribution in [0.2, 0.25) is 0 Å². The number of hydrogen-bond donors (Lipinski definition) is 2. The molecule has 0 spiro atoms. The Kier molecular flexibility index (Phi) is 5.94. The highest BCUT2D eigenvalue weighted by Gasteiger charge is 2.06. The fourth-order valence-electron chi connectivity index (χ4n) is 0.681. The van der Waals surface area contributed by atoms with Gasteiger partial charge in [0, 0.05) is 13.1 Å². The number of nitrogens with one attached hydrogen (secondary N) is 2. The summed E-state index contributed by atoms with van der Waals surface area (Å²) in [6.07, 6.45) is 1.84. The van der Waals surface area contributed by atoms with Gasteiger partial charge in [0.1, 0.15) is 0 Å². The van der Waals surface area contributed by atoms with Crippen LogP contribution in [0.5, 0.6) is 0 Å². The van der Waals surface area contributed by atoms with Crippen LogP contribution in [-0.4, -0.2) is 34.3 Å². The van der Waals surface area contributed by atoms with Crippen molar-refractivity contribution >= 4 is 10.0 Å². The zero-order chi connectivity index (χ0) is 10.3. The lowest BCUT2D eigenvalue weighted by molar-refractivity contribution is 0.583. The highest BCUT2D eigenvalue weighted by atomic mass is 32.2. The Morgan fingerprint density at radius 3 is 2.46 bits per heavy atom. The Morgan fingerprint density at radius 2 is 2.00 bits per heavy atom. The van der Waals surface area contributed by atoms with Gasteiger partial charge in [-0.3, -0.25) is 0 Å². The van der Waals surface area contributed by atoms with Crippen molar-refractivity contribution in [1.82, 2.24) is 10.0 Å². The Bertz CT molecular complexity index is 253. The molecule has 0 aromatic heterocycles. The second-order valence-electron chi connectivity index (χ2n) is 3.05. The monoisotopic (exact) mass is 206 g/mol. The topological polar surface area (TPSA) is 58.2 Å². The molecule has 5 heteroatoms. The Hall–Kier alpha value is -0.390. The van der Waals surface area contributed by atoms with Gasteiger partial charge < -0.3 is 5.32 Å². The third-order valence-corrected chi connectivity index (χ3v) is 2.78. The van der Waals surface area contributed by atoms with Gasteiger partial charge in [0.2, 0.25) is 10.0 Å². The van der Waals surface area contributed by atoms with E-state index in [1.165, 1.54) is 0 Å². The lowest BCUT2D eigenvalue weighted by Crippen LogP contribution is -2.30. The van der Waals surface area contributed by atoms with Gasteiger partial charge in [-0.25, -0.2) is 13.1 Å². The van der Waals surface area contributed by atoms with Gasteiger partial charge in [-0.1, -0.05) is 11.6 Å². The quantitative estimate of drug-likeness (QED) is 0.606. The molecule has 2 N–H and O–H groups in total. The van der Waals surface area contributed by atoms with Crippen LogP contribution in [0.25, 0.3) is 0 Å². The van der Waals surface area contributed by atoms with Crippen LogP contribution in [0, 0.1) is 0 Å². The van der Waals surface area contributed by atoms with E-state index >= 15 is 0 Å². The SMILES string of the molecule is CNCCS(=O)(=O)NCC=C(C)C. The standard InChI is InChI=1S/C8H18N2O2S/c1-8(2)4-5-10-13(11,12)7-6-9-3/h4,9-10H,5-7H2,1-3H3. The summed E-state index contributed by atoms with van der Waals surface area (Å²) in [5.74, 6) is 0.125. The summed E-state index contributed by atoms with van der Waals surface area (Å²) in [5.41, 5.74) is 1.11. The molecule has 0 atom stereocenters. The zero-order valence-electron chi connectivity index (χ0n) is 8.42. The Labute approximate surface area is 80.5 Å². The van der Waals surface area contributed by atoms with Crippen molar-refractivity contribution in [2.45, 2.75) is 13.8 Å². The average Bonchev–Trinajstić information content (AvgIpc) is 2.00. The van der Waals surface area contributed by atoms with Crippen LogP contribution in [0.15, 0.2) is 11.6 Å². The van der Waals surface area contributed by atoms with Crippen molar-refractivity contribution in [3.63, 3.8) is 0 Å². The third-order valence-electron chi connectivity index (χ3n) is 1.43. The summed E-state index contributed by atoms with van der Waals surface area (Å²) in [4.78, 5) is 0. The molecule has 0 saturated carbocycles. The second kappa shape index (κ2) is 6.12. The summed E-state index contributed by atoms with van der Waals surface area (Å²) in [7, 11) is -1.37. The molecule has 0 fully saturated rings. The predicted octanol–water partition coefficient (Wildman–Crippen LogP) is 0.0914. The van der Waals surface area contributed by atoms with Gasteiger partial charge in [-0.15, -0.1) is 0 Å². The van der Waals surface area contributed by atoms with Crippen molar-refractivity contribution in [2.24, 2.45) is 0 Å². The molecule has 0 unspecified atom stereocenters. The third kappa shape index (κ3) is 7.95. The maximum absolute atomic E-state index is 11.2. The van der Waals surface area contributed by atoms with Crippen molar-refractivity contribution in [2.75, 3.05) is 25.9 Å². The maximum atomic E-state index is 11.2. The van der Waals surface area contributed by atoms with Gasteiger partial charge in [-0.05, 0) is 20.9 Å². The first kappa shape index (κ1) is 12.6. The molecule has 13 heavy (non-hydrogen) atoms. The Balaban J connectivity index is 3.83. The molecule has 0 aromatic rings. The fourth-order valence-corrected chi connectivity index (χ4v) is 1.64. The number of allylic oxidation sites excluding steroid dienone is 1. The molecule has 0 radical (unpaired) electrons. The molecule has 0 aromatic carbocycles. The molecule has 0 rings (SSSR count). The van der Waals surface area contributed by atoms with Crippen LogP contribution >= 0.6 is 0 Å². The van der Waals surface area contributed by atoms with E-state index in [4.69, 9.17) is 0 Å². The number of sulfonamides is 1. The van der Waals surface area contributed by atoms with E-state index in [-0.39, 0.29) is 5.75 Å². The van der Waals surface area contributed by atoms with Crippen molar-refractivity contribution in [3.8, 4) is 0 Å². The molecule has 0 aliphatic rings. The lowest BCUT2D eigenvalue weighted by atomic mass is 10.3. The minimum absolute atomic E-state index is 0.125. The first-order chi connectivity index (χ1) is 5.98. The zero-order valence-corrected chi connectivity index (χ0v) is 9.24. The highest BCUT2D eigenvalue weighted by Crippen LogP contribution is 1.88. The van der Waals surface area contributed by atoms with E-state index in [1.807, 2.05) is 19.9 Å². The minimum Gasteiger partial charge on any atom is -0.319 e. The van der Waals surface area contributed by atoms with E-state index in [1.54, 1.807) is 7.05 Å². The van der Waals surface area contributed by atoms with Gasteiger partial charge in [0.15, 0.2) is 0 Å². The van der Waals surface area contributed by atoms with Gasteiger partial charge in [-0.2, -0.15) is 0 Å². The Morgan fingerprint density at radius 1 is 1.38 bits per heavy atom. The van der Waals surface area contributed by atoms with Crippen LogP contribution in [-0.2, 0) is 10.0 Å². The van der Waals surface area contributed by atoms with Gasteiger partial charge in [0.05, 0.1) is 5.75 Å². The first-order valence-electron chi connectivity index (χ1n) is 4.23. The summed E-state index contributed by atoms with van der Waals surface area (Å²) in [5, 5.41) is 2.79. The summed E-state index contributed by atoms with van der Waals surface area (Å²) < 4.78 is 24.9. The molecular formula is C8H18N2O2S. The van der Waals surface area contributed by atoms with Crippen LogP contribution in [0.3, 0.4) is 0 Å². The first-order valence-corrected chi connectivity index (χ1v) is 5.88.